The number of aliphatic hydroxyl groups is 1. The maximum Gasteiger partial charge on any atom is 0.326 e. The lowest BCUT2D eigenvalue weighted by Gasteiger charge is -2.29. The number of carbonyl (C=O) groups excluding carboxylic acids is 3. The van der Waals surface area contributed by atoms with Crippen molar-refractivity contribution in [3.63, 3.8) is 0 Å². The molecule has 0 aromatic rings. The van der Waals surface area contributed by atoms with Gasteiger partial charge in [0.05, 0.1) is 12.1 Å². The molecular formula is C17H30N4O6. The highest BCUT2D eigenvalue weighted by molar-refractivity contribution is 5.94. The lowest BCUT2D eigenvalue weighted by Crippen LogP contribution is -2.59. The molecule has 1 fully saturated rings. The van der Waals surface area contributed by atoms with Crippen molar-refractivity contribution in [2.45, 2.75) is 70.8 Å². The molecular weight excluding hydrogens is 356 g/mol. The molecule has 1 heterocycles. The molecule has 5 atom stereocenters. The molecule has 0 aromatic heterocycles. The molecule has 1 aliphatic heterocycles. The van der Waals surface area contributed by atoms with Crippen LogP contribution in [0.2, 0.25) is 0 Å². The number of carboxylic acids is 1. The average Bonchev–Trinajstić information content (AvgIpc) is 3.04. The van der Waals surface area contributed by atoms with E-state index < -0.39 is 48.1 Å². The molecule has 27 heavy (non-hydrogen) atoms. The maximum atomic E-state index is 12.6. The number of nitrogens with zero attached hydrogens (tertiary/aromatic N) is 1. The Hall–Kier alpha value is -2.20. The van der Waals surface area contributed by atoms with Crippen LogP contribution in [0.1, 0.15) is 40.5 Å². The second kappa shape index (κ2) is 9.65. The predicted octanol–water partition coefficient (Wildman–Crippen LogP) is -1.58. The first-order valence-electron chi connectivity index (χ1n) is 9.05. The minimum atomic E-state index is -1.34. The highest BCUT2D eigenvalue weighted by atomic mass is 16.4. The first-order chi connectivity index (χ1) is 12.5. The monoisotopic (exact) mass is 386 g/mol. The van der Waals surface area contributed by atoms with Crippen LogP contribution in [0.3, 0.4) is 0 Å². The quantitative estimate of drug-likeness (QED) is 0.336. The van der Waals surface area contributed by atoms with Crippen LogP contribution in [-0.2, 0) is 19.2 Å². The molecule has 10 heteroatoms. The van der Waals surface area contributed by atoms with Gasteiger partial charge >= 0.3 is 5.97 Å². The summed E-state index contributed by atoms with van der Waals surface area (Å²) in [5, 5.41) is 23.9. The van der Waals surface area contributed by atoms with Gasteiger partial charge < -0.3 is 31.5 Å². The molecule has 1 saturated heterocycles. The first kappa shape index (κ1) is 22.8. The number of carboxylic acid groups (broad SMARTS) is 1. The van der Waals surface area contributed by atoms with E-state index in [9.17, 15) is 29.4 Å². The van der Waals surface area contributed by atoms with E-state index >= 15 is 0 Å². The van der Waals surface area contributed by atoms with E-state index in [1.807, 2.05) is 0 Å². The van der Waals surface area contributed by atoms with Gasteiger partial charge in [0.1, 0.15) is 18.1 Å². The molecule has 0 saturated carbocycles. The molecule has 3 amide bonds. The summed E-state index contributed by atoms with van der Waals surface area (Å²) in [5.41, 5.74) is 5.60. The zero-order valence-electron chi connectivity index (χ0n) is 16.1. The Morgan fingerprint density at radius 2 is 1.67 bits per heavy atom. The molecule has 0 aromatic carbocycles. The van der Waals surface area contributed by atoms with E-state index in [0.29, 0.717) is 19.4 Å². The fraction of sp³-hybridized carbons (Fsp3) is 0.765. The number of hydrogen-bond donors (Lipinski definition) is 5. The lowest BCUT2D eigenvalue weighted by atomic mass is 10.0. The Bertz CT molecular complexity index is 578. The Labute approximate surface area is 158 Å². The molecule has 0 bridgehead atoms. The third-order valence-electron chi connectivity index (χ3n) is 4.52. The van der Waals surface area contributed by atoms with Crippen LogP contribution in [0.25, 0.3) is 0 Å². The molecule has 1 aliphatic rings. The third kappa shape index (κ3) is 5.90. The highest BCUT2D eigenvalue weighted by Gasteiger charge is 2.38. The lowest BCUT2D eigenvalue weighted by molar-refractivity contribution is -0.145. The molecule has 6 N–H and O–H groups in total. The van der Waals surface area contributed by atoms with Crippen molar-refractivity contribution in [2.75, 3.05) is 6.54 Å². The Kier molecular flexibility index (Phi) is 8.17. The van der Waals surface area contributed by atoms with Crippen LogP contribution in [0.15, 0.2) is 0 Å². The van der Waals surface area contributed by atoms with Gasteiger partial charge in [-0.3, -0.25) is 14.4 Å². The molecule has 10 nitrogen and oxygen atoms in total. The number of amides is 3. The van der Waals surface area contributed by atoms with Crippen molar-refractivity contribution in [2.24, 2.45) is 11.7 Å². The Balaban J connectivity index is 2.87. The van der Waals surface area contributed by atoms with E-state index in [-0.39, 0.29) is 11.8 Å². The Morgan fingerprint density at radius 3 is 2.11 bits per heavy atom. The van der Waals surface area contributed by atoms with Crippen LogP contribution in [0, 0.1) is 5.92 Å². The summed E-state index contributed by atoms with van der Waals surface area (Å²) in [6.07, 6.45) is -0.215. The van der Waals surface area contributed by atoms with Crippen molar-refractivity contribution in [3.8, 4) is 0 Å². The number of aliphatic carboxylic acids is 1. The SMILES string of the molecule is CC(C)[C@H](NC(=O)[C@@H](NC(=O)[C@@H]1CCCN1C(=O)[C@H](C)N)[C@@H](C)O)C(=O)O. The molecule has 0 unspecified atom stereocenters. The van der Waals surface area contributed by atoms with Crippen molar-refractivity contribution >= 4 is 23.7 Å². The van der Waals surface area contributed by atoms with E-state index in [1.54, 1.807) is 13.8 Å². The zero-order valence-corrected chi connectivity index (χ0v) is 16.1. The summed E-state index contributed by atoms with van der Waals surface area (Å²) in [6, 6.07) is -4.03. The molecule has 0 radical (unpaired) electrons. The van der Waals surface area contributed by atoms with Crippen molar-refractivity contribution in [3.05, 3.63) is 0 Å². The number of likely N-dealkylation sites (tertiary alicyclic amines) is 1. The first-order valence-corrected chi connectivity index (χ1v) is 9.05. The summed E-state index contributed by atoms with van der Waals surface area (Å²) in [7, 11) is 0. The Morgan fingerprint density at radius 1 is 1.07 bits per heavy atom. The molecule has 1 rings (SSSR count). The number of aliphatic hydroxyl groups excluding tert-OH is 1. The number of hydrogen-bond acceptors (Lipinski definition) is 6. The predicted molar refractivity (Wildman–Crippen MR) is 96.4 cm³/mol. The number of nitrogens with two attached hydrogens (primary N) is 1. The van der Waals surface area contributed by atoms with Crippen molar-refractivity contribution < 1.29 is 29.4 Å². The van der Waals surface area contributed by atoms with Gasteiger partial charge in [0, 0.05) is 6.54 Å². The van der Waals surface area contributed by atoms with E-state index in [4.69, 9.17) is 5.73 Å². The van der Waals surface area contributed by atoms with E-state index in [1.165, 1.54) is 18.7 Å². The molecule has 0 spiro atoms. The number of nitrogens with one attached hydrogen (secondary N) is 2. The van der Waals surface area contributed by atoms with Gasteiger partial charge in [-0.25, -0.2) is 4.79 Å². The summed E-state index contributed by atoms with van der Waals surface area (Å²) < 4.78 is 0. The second-order valence-electron chi connectivity index (χ2n) is 7.27. The number of rotatable bonds is 8. The van der Waals surface area contributed by atoms with Gasteiger partial charge in [0.2, 0.25) is 17.7 Å². The third-order valence-corrected chi connectivity index (χ3v) is 4.52. The van der Waals surface area contributed by atoms with Gasteiger partial charge in [-0.15, -0.1) is 0 Å². The smallest absolute Gasteiger partial charge is 0.326 e. The number of carbonyl (C=O) groups is 4. The summed E-state index contributed by atoms with van der Waals surface area (Å²) >= 11 is 0. The minimum absolute atomic E-state index is 0.364. The second-order valence-corrected chi connectivity index (χ2v) is 7.27. The standard InChI is InChI=1S/C17H30N4O6/c1-8(2)12(17(26)27)19-15(24)13(10(4)22)20-14(23)11-6-5-7-21(11)16(25)9(3)18/h8-13,22H,5-7,18H2,1-4H3,(H,19,24)(H,20,23)(H,26,27)/t9-,10+,11-,12-,13-/m0/s1. The fourth-order valence-corrected chi connectivity index (χ4v) is 2.98. The van der Waals surface area contributed by atoms with Gasteiger partial charge in [-0.2, -0.15) is 0 Å². The largest absolute Gasteiger partial charge is 0.480 e. The van der Waals surface area contributed by atoms with Crippen molar-refractivity contribution in [1.82, 2.24) is 15.5 Å². The van der Waals surface area contributed by atoms with Crippen LogP contribution in [-0.4, -0.2) is 75.6 Å². The fourth-order valence-electron chi connectivity index (χ4n) is 2.98. The van der Waals surface area contributed by atoms with Crippen LogP contribution in [0.5, 0.6) is 0 Å². The van der Waals surface area contributed by atoms with E-state index in [2.05, 4.69) is 10.6 Å². The van der Waals surface area contributed by atoms with Crippen molar-refractivity contribution in [1.29, 1.82) is 0 Å². The molecule has 154 valence electrons. The molecule has 0 aliphatic carbocycles. The topological polar surface area (TPSA) is 162 Å². The van der Waals surface area contributed by atoms with Crippen LogP contribution < -0.4 is 16.4 Å². The summed E-state index contributed by atoms with van der Waals surface area (Å²) in [4.78, 5) is 49.8. The minimum Gasteiger partial charge on any atom is -0.480 e. The summed E-state index contributed by atoms with van der Waals surface area (Å²) in [6.45, 7) is 6.49. The van der Waals surface area contributed by atoms with Gasteiger partial charge in [0.15, 0.2) is 0 Å². The zero-order chi connectivity index (χ0) is 20.9. The van der Waals surface area contributed by atoms with Gasteiger partial charge in [0.25, 0.3) is 0 Å². The summed E-state index contributed by atoms with van der Waals surface area (Å²) in [5.74, 6) is -3.35. The van der Waals surface area contributed by atoms with Gasteiger partial charge in [-0.05, 0) is 32.6 Å². The maximum absolute atomic E-state index is 12.6. The van der Waals surface area contributed by atoms with E-state index in [0.717, 1.165) is 0 Å². The normalized spacial score (nSPS) is 21.3. The van der Waals surface area contributed by atoms with Crippen LogP contribution in [0.4, 0.5) is 0 Å². The van der Waals surface area contributed by atoms with Gasteiger partial charge in [-0.1, -0.05) is 13.8 Å². The average molecular weight is 386 g/mol. The van der Waals surface area contributed by atoms with Crippen LogP contribution >= 0.6 is 0 Å². The highest BCUT2D eigenvalue weighted by Crippen LogP contribution is 2.18.